The fourth-order valence-electron chi connectivity index (χ4n) is 2.13. The van der Waals surface area contributed by atoms with Gasteiger partial charge in [0.15, 0.2) is 0 Å². The Labute approximate surface area is 173 Å². The predicted octanol–water partition coefficient (Wildman–Crippen LogP) is 5.15. The minimum Gasteiger partial charge on any atom is -0.422 e. The van der Waals surface area contributed by atoms with Crippen LogP contribution in [0.4, 0.5) is 0 Å². The van der Waals surface area contributed by atoms with Crippen LogP contribution in [-0.4, -0.2) is 28.1 Å². The Morgan fingerprint density at radius 1 is 1.27 bits per heavy atom. The summed E-state index contributed by atoms with van der Waals surface area (Å²) in [5, 5.41) is 0.546. The molecule has 1 aliphatic rings. The Bertz CT molecular complexity index is 944. The van der Waals surface area contributed by atoms with E-state index in [2.05, 4.69) is 15.9 Å². The molecule has 0 radical (unpaired) electrons. The third-order valence-electron chi connectivity index (χ3n) is 3.52. The van der Waals surface area contributed by atoms with E-state index in [0.717, 1.165) is 5.56 Å². The van der Waals surface area contributed by atoms with Crippen molar-refractivity contribution in [3.63, 3.8) is 0 Å². The van der Waals surface area contributed by atoms with Crippen LogP contribution < -0.4 is 4.74 Å². The maximum Gasteiger partial charge on any atom is 0.343 e. The molecule has 3 rings (SSSR count). The van der Waals surface area contributed by atoms with Gasteiger partial charge in [-0.05, 0) is 64.0 Å². The molecule has 1 saturated heterocycles. The average Bonchev–Trinajstić information content (AvgIpc) is 2.85. The molecule has 0 aliphatic carbocycles. The zero-order valence-corrected chi connectivity index (χ0v) is 17.3. The molecule has 2 aromatic carbocycles. The topological polar surface area (TPSA) is 46.6 Å². The largest absolute Gasteiger partial charge is 0.422 e. The second-order valence-electron chi connectivity index (χ2n) is 5.33. The first-order chi connectivity index (χ1) is 12.3. The van der Waals surface area contributed by atoms with Gasteiger partial charge in [-0.25, -0.2) is 4.79 Å². The number of ether oxygens (including phenoxy) is 1. The van der Waals surface area contributed by atoms with Crippen LogP contribution in [0.1, 0.15) is 15.9 Å². The summed E-state index contributed by atoms with van der Waals surface area (Å²) < 4.78 is 6.52. The maximum atomic E-state index is 12.2. The molecular formula is C18H11BrClNO3S2. The van der Waals surface area contributed by atoms with E-state index in [4.69, 9.17) is 28.6 Å². The lowest BCUT2D eigenvalue weighted by Gasteiger charge is -2.07. The zero-order chi connectivity index (χ0) is 18.8. The Hall–Kier alpha value is -1.67. The highest BCUT2D eigenvalue weighted by atomic mass is 79.9. The normalized spacial score (nSPS) is 15.7. The summed E-state index contributed by atoms with van der Waals surface area (Å²) in [6, 6.07) is 11.6. The van der Waals surface area contributed by atoms with Crippen molar-refractivity contribution in [3.8, 4) is 5.75 Å². The SMILES string of the molecule is CN1C(=O)/C(=C/c2ccc(OC(=O)c3ccc(Cl)cc3)c(Br)c2)SC1=S. The Morgan fingerprint density at radius 2 is 1.96 bits per heavy atom. The lowest BCUT2D eigenvalue weighted by molar-refractivity contribution is -0.121. The van der Waals surface area contributed by atoms with Crippen LogP contribution in [0, 0.1) is 0 Å². The number of thioether (sulfide) groups is 1. The average molecular weight is 469 g/mol. The molecule has 132 valence electrons. The molecule has 1 amide bonds. The zero-order valence-electron chi connectivity index (χ0n) is 13.4. The molecule has 0 bridgehead atoms. The Kier molecular flexibility index (Phi) is 5.82. The quantitative estimate of drug-likeness (QED) is 0.270. The van der Waals surface area contributed by atoms with E-state index < -0.39 is 5.97 Å². The summed E-state index contributed by atoms with van der Waals surface area (Å²) >= 11 is 15.6. The monoisotopic (exact) mass is 467 g/mol. The van der Waals surface area contributed by atoms with Crippen molar-refractivity contribution < 1.29 is 14.3 Å². The number of likely N-dealkylation sites (N-methyl/N-ethyl adjacent to an activating group) is 1. The second-order valence-corrected chi connectivity index (χ2v) is 8.29. The molecule has 1 fully saturated rings. The summed E-state index contributed by atoms with van der Waals surface area (Å²) in [5.74, 6) is -0.235. The van der Waals surface area contributed by atoms with E-state index in [9.17, 15) is 9.59 Å². The van der Waals surface area contributed by atoms with Gasteiger partial charge in [0.2, 0.25) is 0 Å². The maximum absolute atomic E-state index is 12.2. The second kappa shape index (κ2) is 7.92. The van der Waals surface area contributed by atoms with E-state index in [1.165, 1.54) is 16.7 Å². The summed E-state index contributed by atoms with van der Waals surface area (Å²) in [6.07, 6.45) is 1.75. The summed E-state index contributed by atoms with van der Waals surface area (Å²) in [5.41, 5.74) is 1.19. The van der Waals surface area contributed by atoms with E-state index >= 15 is 0 Å². The van der Waals surface area contributed by atoms with Crippen LogP contribution in [0.3, 0.4) is 0 Å². The van der Waals surface area contributed by atoms with Crippen molar-refractivity contribution in [2.75, 3.05) is 7.05 Å². The predicted molar refractivity (Wildman–Crippen MR) is 111 cm³/mol. The van der Waals surface area contributed by atoms with E-state index in [1.807, 2.05) is 0 Å². The van der Waals surface area contributed by atoms with E-state index in [-0.39, 0.29) is 5.91 Å². The smallest absolute Gasteiger partial charge is 0.343 e. The standard InChI is InChI=1S/C18H11BrClNO3S2/c1-21-16(22)15(26-18(21)25)9-10-2-7-14(13(19)8-10)24-17(23)11-3-5-12(20)6-4-11/h2-9H,1H3/b15-9-. The number of thiocarbonyl (C=S) groups is 1. The summed E-state index contributed by atoms with van der Waals surface area (Å²) in [4.78, 5) is 26.2. The number of benzene rings is 2. The van der Waals surface area contributed by atoms with Crippen molar-refractivity contribution in [2.24, 2.45) is 0 Å². The van der Waals surface area contributed by atoms with Crippen molar-refractivity contribution in [3.05, 3.63) is 68.0 Å². The van der Waals surface area contributed by atoms with Crippen molar-refractivity contribution in [2.45, 2.75) is 0 Å². The Morgan fingerprint density at radius 3 is 2.54 bits per heavy atom. The van der Waals surface area contributed by atoms with Gasteiger partial charge in [0, 0.05) is 12.1 Å². The first-order valence-electron chi connectivity index (χ1n) is 7.34. The molecule has 2 aromatic rings. The fraction of sp³-hybridized carbons (Fsp3) is 0.0556. The van der Waals surface area contributed by atoms with Crippen molar-refractivity contribution >= 4 is 73.8 Å². The van der Waals surface area contributed by atoms with Gasteiger partial charge in [-0.1, -0.05) is 41.6 Å². The highest BCUT2D eigenvalue weighted by Crippen LogP contribution is 2.33. The van der Waals surface area contributed by atoms with Gasteiger partial charge in [0.25, 0.3) is 5.91 Å². The number of hydrogen-bond donors (Lipinski definition) is 0. The van der Waals surface area contributed by atoms with Gasteiger partial charge in [-0.15, -0.1) is 0 Å². The molecule has 1 aliphatic heterocycles. The van der Waals surface area contributed by atoms with E-state index in [0.29, 0.717) is 30.0 Å². The first kappa shape index (κ1) is 19.1. The molecule has 0 aromatic heterocycles. The number of carbonyl (C=O) groups excluding carboxylic acids is 2. The van der Waals surface area contributed by atoms with Crippen molar-refractivity contribution in [1.82, 2.24) is 4.90 Å². The van der Waals surface area contributed by atoms with Crippen LogP contribution in [0.25, 0.3) is 6.08 Å². The molecule has 0 spiro atoms. The van der Waals surface area contributed by atoms with Gasteiger partial charge in [-0.2, -0.15) is 0 Å². The number of carbonyl (C=O) groups is 2. The molecule has 0 saturated carbocycles. The third-order valence-corrected chi connectivity index (χ3v) is 5.88. The Balaban J connectivity index is 1.78. The molecule has 8 heteroatoms. The molecule has 0 atom stereocenters. The van der Waals surface area contributed by atoms with E-state index in [1.54, 1.807) is 55.6 Å². The molecule has 4 nitrogen and oxygen atoms in total. The first-order valence-corrected chi connectivity index (χ1v) is 9.73. The number of hydrogen-bond acceptors (Lipinski definition) is 5. The van der Waals surface area contributed by atoms with Gasteiger partial charge in [0.05, 0.1) is 14.9 Å². The lowest BCUT2D eigenvalue weighted by atomic mass is 10.2. The van der Waals surface area contributed by atoms with Gasteiger partial charge in [-0.3, -0.25) is 9.69 Å². The minimum atomic E-state index is -0.484. The molecule has 0 N–H and O–H groups in total. The van der Waals surface area contributed by atoms with Crippen molar-refractivity contribution in [1.29, 1.82) is 0 Å². The van der Waals surface area contributed by atoms with Crippen LogP contribution in [0.15, 0.2) is 51.8 Å². The number of esters is 1. The molecule has 0 unspecified atom stereocenters. The third kappa shape index (κ3) is 4.17. The summed E-state index contributed by atoms with van der Waals surface area (Å²) in [7, 11) is 1.65. The molecular weight excluding hydrogens is 458 g/mol. The minimum absolute atomic E-state index is 0.130. The summed E-state index contributed by atoms with van der Waals surface area (Å²) in [6.45, 7) is 0. The molecule has 26 heavy (non-hydrogen) atoms. The number of halogens is 2. The van der Waals surface area contributed by atoms with Crippen LogP contribution >= 0.6 is 51.5 Å². The number of rotatable bonds is 3. The molecule has 1 heterocycles. The van der Waals surface area contributed by atoms with Gasteiger partial charge < -0.3 is 4.74 Å². The number of nitrogens with zero attached hydrogens (tertiary/aromatic N) is 1. The van der Waals surface area contributed by atoms with Gasteiger partial charge >= 0.3 is 5.97 Å². The van der Waals surface area contributed by atoms with Gasteiger partial charge in [0.1, 0.15) is 10.1 Å². The highest BCUT2D eigenvalue weighted by Gasteiger charge is 2.28. The van der Waals surface area contributed by atoms with Crippen LogP contribution in [0.2, 0.25) is 5.02 Å². The highest BCUT2D eigenvalue weighted by molar-refractivity contribution is 9.10. The lowest BCUT2D eigenvalue weighted by Crippen LogP contribution is -2.22. The van der Waals surface area contributed by atoms with Crippen LogP contribution in [-0.2, 0) is 4.79 Å². The number of amides is 1. The van der Waals surface area contributed by atoms with Crippen LogP contribution in [0.5, 0.6) is 5.75 Å². The fourth-order valence-corrected chi connectivity index (χ4v) is 3.91.